The van der Waals surface area contributed by atoms with Gasteiger partial charge >= 0.3 is 5.97 Å². The second kappa shape index (κ2) is 5.25. The number of rotatable bonds is 4. The van der Waals surface area contributed by atoms with Gasteiger partial charge in [-0.3, -0.25) is 10.1 Å². The van der Waals surface area contributed by atoms with Crippen molar-refractivity contribution in [1.82, 2.24) is 0 Å². The summed E-state index contributed by atoms with van der Waals surface area (Å²) in [4.78, 5) is 20.8. The molecule has 0 saturated heterocycles. The van der Waals surface area contributed by atoms with Crippen LogP contribution in [-0.4, -0.2) is 16.0 Å². The van der Waals surface area contributed by atoms with Crippen LogP contribution < -0.4 is 0 Å². The van der Waals surface area contributed by atoms with E-state index in [1.807, 2.05) is 13.8 Å². The Kier molecular flexibility index (Phi) is 3.98. The number of benzene rings is 1. The van der Waals surface area contributed by atoms with Crippen LogP contribution in [0.1, 0.15) is 30.9 Å². The summed E-state index contributed by atoms with van der Waals surface area (Å²) in [6, 6.07) is 4.71. The molecule has 17 heavy (non-hydrogen) atoms. The maximum absolute atomic E-state index is 10.9. The summed E-state index contributed by atoms with van der Waals surface area (Å²) in [6.45, 7) is 3.74. The third-order valence-electron chi connectivity index (χ3n) is 2.29. The Hall–Kier alpha value is -2.17. The molecular weight excluding hydrogens is 222 g/mol. The summed E-state index contributed by atoms with van der Waals surface area (Å²) in [6.07, 6.45) is 2.29. The fourth-order valence-electron chi connectivity index (χ4n) is 1.48. The number of hydrogen-bond donors (Lipinski definition) is 1. The van der Waals surface area contributed by atoms with Gasteiger partial charge in [0.05, 0.1) is 4.92 Å². The fraction of sp³-hybridized carbons (Fsp3) is 0.250. The highest BCUT2D eigenvalue weighted by molar-refractivity contribution is 5.85. The minimum Gasteiger partial charge on any atom is -0.478 e. The van der Waals surface area contributed by atoms with Gasteiger partial charge in [-0.05, 0) is 17.6 Å². The summed E-state index contributed by atoms with van der Waals surface area (Å²) in [5.41, 5.74) is 1.17. The van der Waals surface area contributed by atoms with Gasteiger partial charge in [-0.1, -0.05) is 26.0 Å². The zero-order valence-corrected chi connectivity index (χ0v) is 9.58. The monoisotopic (exact) mass is 235 g/mol. The predicted octanol–water partition coefficient (Wildman–Crippen LogP) is 2.82. The van der Waals surface area contributed by atoms with E-state index in [-0.39, 0.29) is 11.6 Å². The third kappa shape index (κ3) is 3.41. The first-order chi connectivity index (χ1) is 7.91. The minimum atomic E-state index is -1.08. The van der Waals surface area contributed by atoms with Crippen LogP contribution in [0.5, 0.6) is 0 Å². The lowest BCUT2D eigenvalue weighted by Gasteiger charge is -2.06. The molecule has 0 aliphatic rings. The van der Waals surface area contributed by atoms with Crippen molar-refractivity contribution in [1.29, 1.82) is 0 Å². The maximum atomic E-state index is 10.9. The van der Waals surface area contributed by atoms with Crippen molar-refractivity contribution in [3.8, 4) is 0 Å². The fourth-order valence-corrected chi connectivity index (χ4v) is 1.48. The predicted molar refractivity (Wildman–Crippen MR) is 63.9 cm³/mol. The van der Waals surface area contributed by atoms with Crippen LogP contribution >= 0.6 is 0 Å². The molecule has 0 radical (unpaired) electrons. The molecule has 0 aliphatic carbocycles. The summed E-state index contributed by atoms with van der Waals surface area (Å²) in [5, 5.41) is 19.4. The molecule has 0 unspecified atom stereocenters. The van der Waals surface area contributed by atoms with Crippen molar-refractivity contribution in [2.24, 2.45) is 0 Å². The van der Waals surface area contributed by atoms with Crippen LogP contribution in [0, 0.1) is 10.1 Å². The normalized spacial score (nSPS) is 11.0. The summed E-state index contributed by atoms with van der Waals surface area (Å²) >= 11 is 0. The molecule has 0 amide bonds. The number of nitro groups is 1. The molecule has 90 valence electrons. The number of carboxylic acids is 1. The zero-order chi connectivity index (χ0) is 13.0. The lowest BCUT2D eigenvalue weighted by Crippen LogP contribution is -1.97. The average Bonchev–Trinajstić information content (AvgIpc) is 2.25. The Morgan fingerprint density at radius 2 is 2.12 bits per heavy atom. The van der Waals surface area contributed by atoms with E-state index >= 15 is 0 Å². The van der Waals surface area contributed by atoms with E-state index in [0.717, 1.165) is 6.08 Å². The zero-order valence-electron chi connectivity index (χ0n) is 9.58. The Labute approximate surface area is 98.5 Å². The van der Waals surface area contributed by atoms with Gasteiger partial charge in [-0.25, -0.2) is 4.79 Å². The number of hydrogen-bond acceptors (Lipinski definition) is 3. The van der Waals surface area contributed by atoms with E-state index < -0.39 is 10.9 Å². The standard InChI is InChI=1S/C12H13NO4/c1-8(2)10-5-3-9(4-6-12(14)15)7-11(10)13(16)17/h3-8H,1-2H3,(H,14,15)/b6-4+. The molecule has 0 aliphatic heterocycles. The van der Waals surface area contributed by atoms with Crippen LogP contribution in [0.25, 0.3) is 6.08 Å². The molecule has 0 fully saturated rings. The Morgan fingerprint density at radius 3 is 2.59 bits per heavy atom. The highest BCUT2D eigenvalue weighted by Gasteiger charge is 2.16. The highest BCUT2D eigenvalue weighted by atomic mass is 16.6. The minimum absolute atomic E-state index is 0.0209. The number of nitro benzene ring substituents is 1. The Morgan fingerprint density at radius 1 is 1.47 bits per heavy atom. The van der Waals surface area contributed by atoms with Gasteiger partial charge in [0, 0.05) is 17.7 Å². The lowest BCUT2D eigenvalue weighted by atomic mass is 9.99. The van der Waals surface area contributed by atoms with E-state index in [9.17, 15) is 14.9 Å². The molecule has 5 heteroatoms. The molecule has 1 aromatic rings. The molecule has 0 saturated carbocycles. The van der Waals surface area contributed by atoms with Crippen LogP contribution in [0.15, 0.2) is 24.3 Å². The van der Waals surface area contributed by atoms with Crippen LogP contribution in [-0.2, 0) is 4.79 Å². The van der Waals surface area contributed by atoms with Gasteiger partial charge in [-0.2, -0.15) is 0 Å². The molecule has 1 aromatic carbocycles. The number of carboxylic acid groups (broad SMARTS) is 1. The van der Waals surface area contributed by atoms with Crippen molar-refractivity contribution < 1.29 is 14.8 Å². The molecule has 1 rings (SSSR count). The molecule has 0 aromatic heterocycles. The molecule has 5 nitrogen and oxygen atoms in total. The number of aliphatic carboxylic acids is 1. The SMILES string of the molecule is CC(C)c1ccc(/C=C/C(=O)O)cc1[N+](=O)[O-]. The van der Waals surface area contributed by atoms with Gasteiger partial charge in [0.15, 0.2) is 0 Å². The largest absolute Gasteiger partial charge is 0.478 e. The molecule has 0 heterocycles. The highest BCUT2D eigenvalue weighted by Crippen LogP contribution is 2.27. The van der Waals surface area contributed by atoms with Gasteiger partial charge in [0.1, 0.15) is 0 Å². The molecule has 0 bridgehead atoms. The maximum Gasteiger partial charge on any atom is 0.328 e. The van der Waals surface area contributed by atoms with Gasteiger partial charge in [0.25, 0.3) is 5.69 Å². The average molecular weight is 235 g/mol. The van der Waals surface area contributed by atoms with E-state index in [1.54, 1.807) is 12.1 Å². The number of nitrogens with zero attached hydrogens (tertiary/aromatic N) is 1. The first-order valence-electron chi connectivity index (χ1n) is 5.11. The molecule has 0 atom stereocenters. The van der Waals surface area contributed by atoms with Crippen LogP contribution in [0.3, 0.4) is 0 Å². The topological polar surface area (TPSA) is 80.4 Å². The lowest BCUT2D eigenvalue weighted by molar-refractivity contribution is -0.385. The smallest absolute Gasteiger partial charge is 0.328 e. The molecule has 1 N–H and O–H groups in total. The van der Waals surface area contributed by atoms with Gasteiger partial charge in [0.2, 0.25) is 0 Å². The summed E-state index contributed by atoms with van der Waals surface area (Å²) in [5.74, 6) is -1.03. The van der Waals surface area contributed by atoms with Crippen molar-refractivity contribution in [2.75, 3.05) is 0 Å². The first kappa shape index (κ1) is 12.9. The van der Waals surface area contributed by atoms with E-state index in [1.165, 1.54) is 12.1 Å². The van der Waals surface area contributed by atoms with Crippen molar-refractivity contribution in [3.05, 3.63) is 45.5 Å². The van der Waals surface area contributed by atoms with E-state index in [0.29, 0.717) is 11.1 Å². The molecular formula is C12H13NO4. The van der Waals surface area contributed by atoms with E-state index in [2.05, 4.69) is 0 Å². The van der Waals surface area contributed by atoms with Crippen molar-refractivity contribution in [3.63, 3.8) is 0 Å². The van der Waals surface area contributed by atoms with Gasteiger partial charge < -0.3 is 5.11 Å². The summed E-state index contributed by atoms with van der Waals surface area (Å²) < 4.78 is 0. The number of carbonyl (C=O) groups is 1. The quantitative estimate of drug-likeness (QED) is 0.494. The van der Waals surface area contributed by atoms with Crippen molar-refractivity contribution in [2.45, 2.75) is 19.8 Å². The van der Waals surface area contributed by atoms with Crippen molar-refractivity contribution >= 4 is 17.7 Å². The Balaban J connectivity index is 3.19. The first-order valence-corrected chi connectivity index (χ1v) is 5.11. The second-order valence-corrected chi connectivity index (χ2v) is 3.90. The summed E-state index contributed by atoms with van der Waals surface area (Å²) in [7, 11) is 0. The molecule has 0 spiro atoms. The third-order valence-corrected chi connectivity index (χ3v) is 2.29. The van der Waals surface area contributed by atoms with Gasteiger partial charge in [-0.15, -0.1) is 0 Å². The van der Waals surface area contributed by atoms with E-state index in [4.69, 9.17) is 5.11 Å². The van der Waals surface area contributed by atoms with Crippen LogP contribution in [0.4, 0.5) is 5.69 Å². The Bertz CT molecular complexity index is 477. The van der Waals surface area contributed by atoms with Crippen LogP contribution in [0.2, 0.25) is 0 Å². The second-order valence-electron chi connectivity index (χ2n) is 3.90.